The lowest BCUT2D eigenvalue weighted by atomic mass is 10.0. The number of carbonyl (C=O) groups is 1. The number of aromatic carboxylic acids is 1. The highest BCUT2D eigenvalue weighted by Crippen LogP contribution is 2.32. The lowest BCUT2D eigenvalue weighted by molar-refractivity contribution is -0.274. The molecule has 0 aromatic heterocycles. The van der Waals surface area contributed by atoms with Crippen LogP contribution in [-0.4, -0.2) is 24.5 Å². The topological polar surface area (TPSA) is 55.8 Å². The standard InChI is InChI=1S/C15H11F3O4/c1-21-11-5-2-9(3-6-11)10-4-7-12(14(19)20)13(8-10)22-15(16,17)18/h2-8H,1H3,(H,19,20). The highest BCUT2D eigenvalue weighted by Gasteiger charge is 2.33. The first-order valence-electron chi connectivity index (χ1n) is 6.07. The molecule has 116 valence electrons. The van der Waals surface area contributed by atoms with Crippen LogP contribution in [0.2, 0.25) is 0 Å². The molecule has 0 atom stereocenters. The van der Waals surface area contributed by atoms with Crippen molar-refractivity contribution in [3.05, 3.63) is 48.0 Å². The van der Waals surface area contributed by atoms with Crippen LogP contribution in [0.15, 0.2) is 42.5 Å². The van der Waals surface area contributed by atoms with Crippen molar-refractivity contribution in [1.82, 2.24) is 0 Å². The number of alkyl halides is 3. The van der Waals surface area contributed by atoms with Crippen LogP contribution >= 0.6 is 0 Å². The van der Waals surface area contributed by atoms with Crippen molar-refractivity contribution in [1.29, 1.82) is 0 Å². The van der Waals surface area contributed by atoms with Gasteiger partial charge in [-0.3, -0.25) is 0 Å². The van der Waals surface area contributed by atoms with E-state index in [0.29, 0.717) is 16.9 Å². The molecule has 0 unspecified atom stereocenters. The van der Waals surface area contributed by atoms with Gasteiger partial charge in [-0.2, -0.15) is 0 Å². The monoisotopic (exact) mass is 312 g/mol. The van der Waals surface area contributed by atoms with E-state index in [0.717, 1.165) is 12.1 Å². The Labute approximate surface area is 123 Å². The number of benzene rings is 2. The molecule has 0 bridgehead atoms. The van der Waals surface area contributed by atoms with Crippen LogP contribution in [0.5, 0.6) is 11.5 Å². The third kappa shape index (κ3) is 3.69. The maximum Gasteiger partial charge on any atom is 0.573 e. The molecular weight excluding hydrogens is 301 g/mol. The van der Waals surface area contributed by atoms with Gasteiger partial charge in [0.25, 0.3) is 0 Å². The summed E-state index contributed by atoms with van der Waals surface area (Å²) in [6.45, 7) is 0. The number of ether oxygens (including phenoxy) is 2. The van der Waals surface area contributed by atoms with Crippen LogP contribution in [-0.2, 0) is 0 Å². The molecule has 0 fully saturated rings. The maximum atomic E-state index is 12.4. The average molecular weight is 312 g/mol. The Kier molecular flexibility index (Phi) is 4.25. The highest BCUT2D eigenvalue weighted by atomic mass is 19.4. The predicted molar refractivity (Wildman–Crippen MR) is 72.1 cm³/mol. The number of carboxylic acid groups (broad SMARTS) is 1. The number of rotatable bonds is 4. The fourth-order valence-electron chi connectivity index (χ4n) is 1.87. The Morgan fingerprint density at radius 2 is 1.64 bits per heavy atom. The third-order valence-corrected chi connectivity index (χ3v) is 2.86. The van der Waals surface area contributed by atoms with E-state index in [2.05, 4.69) is 4.74 Å². The molecular formula is C15H11F3O4. The van der Waals surface area contributed by atoms with Crippen LogP contribution in [0.25, 0.3) is 11.1 Å². The number of methoxy groups -OCH3 is 1. The zero-order valence-electron chi connectivity index (χ0n) is 11.3. The van der Waals surface area contributed by atoms with Crippen molar-refractivity contribution in [3.8, 4) is 22.6 Å². The van der Waals surface area contributed by atoms with Crippen LogP contribution < -0.4 is 9.47 Å². The molecule has 0 heterocycles. The summed E-state index contributed by atoms with van der Waals surface area (Å²) >= 11 is 0. The van der Waals surface area contributed by atoms with Crippen LogP contribution in [0.3, 0.4) is 0 Å². The zero-order chi connectivity index (χ0) is 16.3. The molecule has 4 nitrogen and oxygen atoms in total. The maximum absolute atomic E-state index is 12.4. The van der Waals surface area contributed by atoms with Crippen LogP contribution in [0, 0.1) is 0 Å². The first-order valence-corrected chi connectivity index (χ1v) is 6.07. The molecule has 0 amide bonds. The van der Waals surface area contributed by atoms with Crippen molar-refractivity contribution in [2.24, 2.45) is 0 Å². The minimum absolute atomic E-state index is 0.395. The van der Waals surface area contributed by atoms with Crippen molar-refractivity contribution < 1.29 is 32.5 Å². The number of halogens is 3. The Morgan fingerprint density at radius 3 is 2.14 bits per heavy atom. The lowest BCUT2D eigenvalue weighted by Gasteiger charge is -2.13. The van der Waals surface area contributed by atoms with E-state index < -0.39 is 23.6 Å². The van der Waals surface area contributed by atoms with E-state index in [1.807, 2.05) is 0 Å². The summed E-state index contributed by atoms with van der Waals surface area (Å²) in [4.78, 5) is 11.0. The molecule has 7 heteroatoms. The number of carboxylic acids is 1. The summed E-state index contributed by atoms with van der Waals surface area (Å²) in [6, 6.07) is 10.1. The van der Waals surface area contributed by atoms with Gasteiger partial charge >= 0.3 is 12.3 Å². The molecule has 0 spiro atoms. The second-order valence-corrected chi connectivity index (χ2v) is 4.29. The Morgan fingerprint density at radius 1 is 1.05 bits per heavy atom. The molecule has 2 aromatic carbocycles. The van der Waals surface area contributed by atoms with Gasteiger partial charge < -0.3 is 14.6 Å². The molecule has 1 N–H and O–H groups in total. The van der Waals surface area contributed by atoms with Gasteiger partial charge in [-0.25, -0.2) is 4.79 Å². The molecule has 2 aromatic rings. The Balaban J connectivity index is 2.44. The molecule has 0 aliphatic carbocycles. The van der Waals surface area contributed by atoms with Gasteiger partial charge in [0.05, 0.1) is 7.11 Å². The zero-order valence-corrected chi connectivity index (χ0v) is 11.3. The molecule has 2 rings (SSSR count). The summed E-state index contributed by atoms with van der Waals surface area (Å²) in [7, 11) is 1.49. The van der Waals surface area contributed by atoms with Crippen molar-refractivity contribution >= 4 is 5.97 Å². The molecule has 0 aliphatic heterocycles. The van der Waals surface area contributed by atoms with Gasteiger partial charge in [-0.15, -0.1) is 13.2 Å². The Hall–Kier alpha value is -2.70. The second kappa shape index (κ2) is 5.97. The van der Waals surface area contributed by atoms with Gasteiger partial charge in [0.2, 0.25) is 0 Å². The summed E-state index contributed by atoms with van der Waals surface area (Å²) < 4.78 is 45.9. The van der Waals surface area contributed by atoms with E-state index in [1.54, 1.807) is 24.3 Å². The lowest BCUT2D eigenvalue weighted by Crippen LogP contribution is -2.19. The highest BCUT2D eigenvalue weighted by molar-refractivity contribution is 5.92. The molecule has 0 radical (unpaired) electrons. The first kappa shape index (κ1) is 15.7. The normalized spacial score (nSPS) is 11.1. The fourth-order valence-corrected chi connectivity index (χ4v) is 1.87. The minimum atomic E-state index is -4.97. The largest absolute Gasteiger partial charge is 0.573 e. The van der Waals surface area contributed by atoms with Crippen molar-refractivity contribution in [2.75, 3.05) is 7.11 Å². The van der Waals surface area contributed by atoms with Gasteiger partial charge in [-0.05, 0) is 35.4 Å². The van der Waals surface area contributed by atoms with Crippen molar-refractivity contribution in [2.45, 2.75) is 6.36 Å². The SMILES string of the molecule is COc1ccc(-c2ccc(C(=O)O)c(OC(F)(F)F)c2)cc1. The predicted octanol–water partition coefficient (Wildman–Crippen LogP) is 3.96. The van der Waals surface area contributed by atoms with E-state index in [-0.39, 0.29) is 0 Å². The van der Waals surface area contributed by atoms with Crippen molar-refractivity contribution in [3.63, 3.8) is 0 Å². The van der Waals surface area contributed by atoms with Gasteiger partial charge in [0.1, 0.15) is 17.1 Å². The second-order valence-electron chi connectivity index (χ2n) is 4.29. The van der Waals surface area contributed by atoms with Gasteiger partial charge in [0.15, 0.2) is 0 Å². The van der Waals surface area contributed by atoms with Gasteiger partial charge in [0, 0.05) is 0 Å². The number of hydrogen-bond acceptors (Lipinski definition) is 3. The van der Waals surface area contributed by atoms with Crippen LogP contribution in [0.1, 0.15) is 10.4 Å². The molecule has 0 saturated carbocycles. The van der Waals surface area contributed by atoms with E-state index in [4.69, 9.17) is 9.84 Å². The Bertz CT molecular complexity index is 678. The van der Waals surface area contributed by atoms with E-state index in [1.165, 1.54) is 13.2 Å². The van der Waals surface area contributed by atoms with E-state index in [9.17, 15) is 18.0 Å². The minimum Gasteiger partial charge on any atom is -0.497 e. The fraction of sp³-hybridized carbons (Fsp3) is 0.133. The third-order valence-electron chi connectivity index (χ3n) is 2.86. The summed E-state index contributed by atoms with van der Waals surface area (Å²) in [5, 5.41) is 8.93. The summed E-state index contributed by atoms with van der Waals surface area (Å²) in [6.07, 6.45) is -4.97. The average Bonchev–Trinajstić information content (AvgIpc) is 2.45. The quantitative estimate of drug-likeness (QED) is 0.928. The van der Waals surface area contributed by atoms with E-state index >= 15 is 0 Å². The van der Waals surface area contributed by atoms with Crippen LogP contribution in [0.4, 0.5) is 13.2 Å². The molecule has 0 aliphatic rings. The molecule has 0 saturated heterocycles. The number of hydrogen-bond donors (Lipinski definition) is 1. The summed E-state index contributed by atoms with van der Waals surface area (Å²) in [5.74, 6) is -1.66. The first-order chi connectivity index (χ1) is 10.3. The summed E-state index contributed by atoms with van der Waals surface area (Å²) in [5.41, 5.74) is 0.436. The molecule has 22 heavy (non-hydrogen) atoms. The van der Waals surface area contributed by atoms with Gasteiger partial charge in [-0.1, -0.05) is 18.2 Å². The smallest absolute Gasteiger partial charge is 0.497 e.